The summed E-state index contributed by atoms with van der Waals surface area (Å²) >= 11 is 0. The number of unbranched alkanes of at least 4 members (excludes halogenated alkanes) is 1. The van der Waals surface area contributed by atoms with Gasteiger partial charge in [0.1, 0.15) is 23.9 Å². The van der Waals surface area contributed by atoms with Crippen molar-refractivity contribution in [1.29, 1.82) is 0 Å². The molecule has 2 heterocycles. The molecule has 2 aliphatic rings. The molecule has 0 aromatic carbocycles. The lowest BCUT2D eigenvalue weighted by atomic mass is 9.73. The van der Waals surface area contributed by atoms with Gasteiger partial charge in [0.2, 0.25) is 0 Å². The Morgan fingerprint density at radius 3 is 2.27 bits per heavy atom. The first-order chi connectivity index (χ1) is 19.1. The number of rotatable bonds is 12. The topological polar surface area (TPSA) is 159 Å². The smallest absolute Gasteiger partial charge is 0.348 e. The van der Waals surface area contributed by atoms with Gasteiger partial charge < -0.3 is 16.2 Å². The maximum absolute atomic E-state index is 13.4. The number of barbiturate groups is 1. The maximum atomic E-state index is 13.4. The van der Waals surface area contributed by atoms with Gasteiger partial charge in [0.15, 0.2) is 0 Å². The zero-order valence-corrected chi connectivity index (χ0v) is 26.9. The molecular formula is C28H49N7O5Si. The molecule has 1 aliphatic heterocycles. The molecule has 0 unspecified atom stereocenters. The van der Waals surface area contributed by atoms with Crippen molar-refractivity contribution in [3.8, 4) is 0 Å². The molecule has 1 aliphatic carbocycles. The molecule has 3 rings (SSSR count). The zero-order valence-electron chi connectivity index (χ0n) is 25.9. The molecule has 0 radical (unpaired) electrons. The van der Waals surface area contributed by atoms with Crippen LogP contribution in [0.2, 0.25) is 25.7 Å². The molecule has 41 heavy (non-hydrogen) atoms. The van der Waals surface area contributed by atoms with Gasteiger partial charge in [-0.2, -0.15) is 9.78 Å². The largest absolute Gasteiger partial charge is 0.385 e. The van der Waals surface area contributed by atoms with Gasteiger partial charge in [-0.1, -0.05) is 53.8 Å². The number of nitrogens with zero attached hydrogens (tertiary/aromatic N) is 5. The lowest BCUT2D eigenvalue weighted by Crippen LogP contribution is -2.61. The number of carbonyl (C=O) groups excluding carboxylic acids is 3. The lowest BCUT2D eigenvalue weighted by Gasteiger charge is -2.44. The van der Waals surface area contributed by atoms with Crippen LogP contribution in [-0.2, 0) is 27.6 Å². The van der Waals surface area contributed by atoms with E-state index in [2.05, 4.69) is 31.7 Å². The number of hydrogen-bond acceptors (Lipinski definition) is 8. The van der Waals surface area contributed by atoms with Gasteiger partial charge in [-0.3, -0.25) is 24.0 Å². The molecule has 12 nitrogen and oxygen atoms in total. The minimum Gasteiger partial charge on any atom is -0.385 e. The highest BCUT2D eigenvalue weighted by Crippen LogP contribution is 2.40. The van der Waals surface area contributed by atoms with E-state index in [9.17, 15) is 19.2 Å². The monoisotopic (exact) mass is 591 g/mol. The second-order valence-corrected chi connectivity index (χ2v) is 19.0. The van der Waals surface area contributed by atoms with Crippen molar-refractivity contribution >= 4 is 25.9 Å². The van der Waals surface area contributed by atoms with E-state index in [0.717, 1.165) is 17.4 Å². The third-order valence-electron chi connectivity index (χ3n) is 8.10. The number of imide groups is 2. The average Bonchev–Trinajstić information content (AvgIpc) is 3.17. The van der Waals surface area contributed by atoms with Crippen LogP contribution in [0, 0.1) is 5.41 Å². The van der Waals surface area contributed by atoms with Crippen LogP contribution in [0.25, 0.3) is 0 Å². The summed E-state index contributed by atoms with van der Waals surface area (Å²) in [6, 6.07) is 0.0136. The van der Waals surface area contributed by atoms with Crippen LogP contribution in [0.4, 0.5) is 4.79 Å². The third kappa shape index (κ3) is 7.48. The number of aromatic nitrogens is 3. The van der Waals surface area contributed by atoms with Crippen LogP contribution in [0.3, 0.4) is 0 Å². The van der Waals surface area contributed by atoms with Crippen molar-refractivity contribution in [2.45, 2.75) is 117 Å². The van der Waals surface area contributed by atoms with Crippen molar-refractivity contribution in [2.24, 2.45) is 16.9 Å². The number of hydrogen-bond donors (Lipinski definition) is 2. The number of carbonyl (C=O) groups is 3. The first-order valence-corrected chi connectivity index (χ1v) is 18.5. The molecule has 0 atom stereocenters. The van der Waals surface area contributed by atoms with Gasteiger partial charge in [-0.05, 0) is 43.6 Å². The van der Waals surface area contributed by atoms with E-state index in [-0.39, 0.29) is 41.7 Å². The summed E-state index contributed by atoms with van der Waals surface area (Å²) in [5, 5.41) is 4.60. The molecule has 230 valence electrons. The Balaban J connectivity index is 1.75. The highest BCUT2D eigenvalue weighted by Gasteiger charge is 2.47. The summed E-state index contributed by atoms with van der Waals surface area (Å²) in [7, 11) is -1.24. The van der Waals surface area contributed by atoms with Crippen LogP contribution in [0.1, 0.15) is 78.0 Å². The quantitative estimate of drug-likeness (QED) is 0.162. The second-order valence-electron chi connectivity index (χ2n) is 13.4. The fourth-order valence-corrected chi connectivity index (χ4v) is 6.23. The number of urea groups is 1. The van der Waals surface area contributed by atoms with Crippen LogP contribution in [0.5, 0.6) is 0 Å². The summed E-state index contributed by atoms with van der Waals surface area (Å²) in [5.74, 6) is -1.07. The van der Waals surface area contributed by atoms with Crippen molar-refractivity contribution < 1.29 is 19.1 Å². The number of ether oxygens (including phenoxy) is 1. The predicted molar refractivity (Wildman–Crippen MR) is 159 cm³/mol. The Labute approximate surface area is 244 Å². The number of nitrogens with two attached hydrogens (primary N) is 2. The van der Waals surface area contributed by atoms with E-state index >= 15 is 0 Å². The molecule has 2 fully saturated rings. The van der Waals surface area contributed by atoms with E-state index in [1.165, 1.54) is 9.58 Å². The molecule has 1 aromatic heterocycles. The highest BCUT2D eigenvalue weighted by atomic mass is 28.3. The van der Waals surface area contributed by atoms with Gasteiger partial charge in [-0.25, -0.2) is 9.59 Å². The second kappa shape index (κ2) is 12.9. The highest BCUT2D eigenvalue weighted by molar-refractivity contribution is 6.76. The van der Waals surface area contributed by atoms with E-state index < -0.39 is 32.0 Å². The Morgan fingerprint density at radius 2 is 1.73 bits per heavy atom. The van der Waals surface area contributed by atoms with E-state index in [4.69, 9.17) is 16.2 Å². The van der Waals surface area contributed by atoms with E-state index in [1.807, 2.05) is 20.8 Å². The summed E-state index contributed by atoms with van der Waals surface area (Å²) in [6.45, 7) is 16.4. The first kappa shape index (κ1) is 32.6. The predicted octanol–water partition coefficient (Wildman–Crippen LogP) is 3.15. The van der Waals surface area contributed by atoms with Crippen LogP contribution in [-0.4, -0.2) is 69.3 Å². The zero-order chi connectivity index (χ0) is 30.7. The molecule has 0 bridgehead atoms. The fourth-order valence-electron chi connectivity index (χ4n) is 5.48. The molecule has 1 saturated heterocycles. The van der Waals surface area contributed by atoms with Gasteiger partial charge in [0, 0.05) is 39.7 Å². The minimum absolute atomic E-state index is 0.0491. The first-order valence-electron chi connectivity index (χ1n) is 14.8. The summed E-state index contributed by atoms with van der Waals surface area (Å²) in [4.78, 5) is 55.1. The lowest BCUT2D eigenvalue weighted by molar-refractivity contribution is -0.138. The average molecular weight is 592 g/mol. The Bertz CT molecular complexity index is 1220. The number of amides is 4. The van der Waals surface area contributed by atoms with Crippen LogP contribution < -0.4 is 17.2 Å². The van der Waals surface area contributed by atoms with Gasteiger partial charge in [0.05, 0.1) is 0 Å². The van der Waals surface area contributed by atoms with Gasteiger partial charge in [0.25, 0.3) is 11.8 Å². The SMILES string of the molecule is CCCCN1C(=O)C(=C(N)N)C(=O)N(C2CCC(C)(Cn3c(C(C)C)nn(COCC[Si](C)(C)C)c3=O)CC2)C1=O. The van der Waals surface area contributed by atoms with Crippen LogP contribution in [0.15, 0.2) is 16.2 Å². The van der Waals surface area contributed by atoms with Gasteiger partial charge >= 0.3 is 11.7 Å². The fraction of sp³-hybridized carbons (Fsp3) is 0.750. The third-order valence-corrected chi connectivity index (χ3v) is 9.80. The summed E-state index contributed by atoms with van der Waals surface area (Å²) < 4.78 is 8.97. The standard InChI is InChI=1S/C28H49N7O5Si/c1-8-9-14-32-24(36)21(22(29)30)25(37)35(27(32)39)20-10-12-28(4,13-11-20)17-33-23(19(2)3)31-34(26(33)38)18-40-15-16-41(5,6)7/h19-20H,8-18,29-30H2,1-7H3. The Hall–Kier alpha value is -2.93. The van der Waals surface area contributed by atoms with Crippen molar-refractivity contribution in [3.63, 3.8) is 0 Å². The molecular weight excluding hydrogens is 542 g/mol. The summed E-state index contributed by atoms with van der Waals surface area (Å²) in [6.07, 6.45) is 3.84. The molecule has 4 N–H and O–H groups in total. The minimum atomic E-state index is -1.24. The Kier molecular flexibility index (Phi) is 10.3. The van der Waals surface area contributed by atoms with Gasteiger partial charge in [-0.15, -0.1) is 0 Å². The molecule has 13 heteroatoms. The normalized spacial score (nSPS) is 22.3. The van der Waals surface area contributed by atoms with E-state index in [0.29, 0.717) is 51.1 Å². The van der Waals surface area contributed by atoms with Crippen molar-refractivity contribution in [2.75, 3.05) is 13.2 Å². The van der Waals surface area contributed by atoms with Crippen molar-refractivity contribution in [1.82, 2.24) is 24.1 Å². The molecule has 0 spiro atoms. The van der Waals surface area contributed by atoms with Crippen molar-refractivity contribution in [3.05, 3.63) is 27.7 Å². The maximum Gasteiger partial charge on any atom is 0.348 e. The molecule has 1 saturated carbocycles. The molecule has 1 aromatic rings. The van der Waals surface area contributed by atoms with Crippen LogP contribution >= 0.6 is 0 Å². The molecule has 4 amide bonds. The summed E-state index contributed by atoms with van der Waals surface area (Å²) in [5.41, 5.74) is 10.7. The Morgan fingerprint density at radius 1 is 1.10 bits per heavy atom. The van der Waals surface area contributed by atoms with E-state index in [1.54, 1.807) is 4.57 Å².